The summed E-state index contributed by atoms with van der Waals surface area (Å²) in [7, 11) is 0. The number of amides is 1. The predicted molar refractivity (Wildman–Crippen MR) is 72.8 cm³/mol. The van der Waals surface area contributed by atoms with Crippen LogP contribution in [0.15, 0.2) is 12.4 Å². The van der Waals surface area contributed by atoms with Gasteiger partial charge in [-0.3, -0.25) is 4.79 Å². The standard InChI is InChI=1S/C13H22N4O/c1-5-10(4)16-13(18)11-8-15-12(9-14-11)17(6-2)7-3/h8-10H,5-7H2,1-4H3,(H,16,18). The molecule has 0 radical (unpaired) electrons. The fourth-order valence-corrected chi connectivity index (χ4v) is 1.55. The fraction of sp³-hybridized carbons (Fsp3) is 0.615. The van der Waals surface area contributed by atoms with Crippen molar-refractivity contribution in [1.82, 2.24) is 15.3 Å². The van der Waals surface area contributed by atoms with Crippen LogP contribution in [0.2, 0.25) is 0 Å². The Labute approximate surface area is 109 Å². The minimum Gasteiger partial charge on any atom is -0.356 e. The second-order valence-electron chi connectivity index (χ2n) is 4.21. The second-order valence-corrected chi connectivity index (χ2v) is 4.21. The summed E-state index contributed by atoms with van der Waals surface area (Å²) in [5.74, 6) is 0.642. The molecule has 0 saturated heterocycles. The van der Waals surface area contributed by atoms with Crippen LogP contribution in [-0.2, 0) is 0 Å². The highest BCUT2D eigenvalue weighted by atomic mass is 16.1. The van der Waals surface area contributed by atoms with E-state index in [0.29, 0.717) is 5.69 Å². The molecule has 1 rings (SSSR count). The van der Waals surface area contributed by atoms with Crippen LogP contribution in [-0.4, -0.2) is 35.0 Å². The van der Waals surface area contributed by atoms with Crippen LogP contribution >= 0.6 is 0 Å². The molecule has 0 aromatic carbocycles. The Balaban J connectivity index is 2.73. The van der Waals surface area contributed by atoms with E-state index in [1.165, 1.54) is 6.20 Å². The molecular weight excluding hydrogens is 228 g/mol. The molecule has 0 fully saturated rings. The highest BCUT2D eigenvalue weighted by molar-refractivity contribution is 5.92. The number of hydrogen-bond donors (Lipinski definition) is 1. The maximum Gasteiger partial charge on any atom is 0.271 e. The summed E-state index contributed by atoms with van der Waals surface area (Å²) in [5, 5.41) is 2.87. The summed E-state index contributed by atoms with van der Waals surface area (Å²) in [6.07, 6.45) is 4.08. The van der Waals surface area contributed by atoms with Gasteiger partial charge in [0, 0.05) is 19.1 Å². The minimum absolute atomic E-state index is 0.154. The first-order chi connectivity index (χ1) is 8.62. The summed E-state index contributed by atoms with van der Waals surface area (Å²) in [4.78, 5) is 22.3. The van der Waals surface area contributed by atoms with Gasteiger partial charge in [-0.15, -0.1) is 0 Å². The molecule has 0 aliphatic heterocycles. The van der Waals surface area contributed by atoms with Gasteiger partial charge in [-0.1, -0.05) is 6.92 Å². The van der Waals surface area contributed by atoms with E-state index in [2.05, 4.69) is 34.0 Å². The van der Waals surface area contributed by atoms with Crippen molar-refractivity contribution in [1.29, 1.82) is 0 Å². The molecule has 5 heteroatoms. The number of carbonyl (C=O) groups excluding carboxylic acids is 1. The monoisotopic (exact) mass is 250 g/mol. The van der Waals surface area contributed by atoms with Gasteiger partial charge in [0.25, 0.3) is 5.91 Å². The summed E-state index contributed by atoms with van der Waals surface area (Å²) < 4.78 is 0. The smallest absolute Gasteiger partial charge is 0.271 e. The van der Waals surface area contributed by atoms with Gasteiger partial charge in [-0.05, 0) is 27.2 Å². The van der Waals surface area contributed by atoms with Crippen LogP contribution in [0, 0.1) is 0 Å². The van der Waals surface area contributed by atoms with Gasteiger partial charge in [-0.25, -0.2) is 9.97 Å². The zero-order valence-corrected chi connectivity index (χ0v) is 11.6. The fourth-order valence-electron chi connectivity index (χ4n) is 1.55. The lowest BCUT2D eigenvalue weighted by molar-refractivity contribution is 0.0934. The number of nitrogens with zero attached hydrogens (tertiary/aromatic N) is 3. The van der Waals surface area contributed by atoms with Crippen molar-refractivity contribution < 1.29 is 4.79 Å². The molecule has 1 unspecified atom stereocenters. The molecule has 1 aromatic rings. The van der Waals surface area contributed by atoms with E-state index in [1.54, 1.807) is 6.20 Å². The highest BCUT2D eigenvalue weighted by Gasteiger charge is 2.11. The summed E-state index contributed by atoms with van der Waals surface area (Å²) in [6.45, 7) is 9.88. The third kappa shape index (κ3) is 3.68. The molecule has 0 saturated carbocycles. The van der Waals surface area contributed by atoms with Crippen molar-refractivity contribution in [2.75, 3.05) is 18.0 Å². The lowest BCUT2D eigenvalue weighted by atomic mass is 10.2. The van der Waals surface area contributed by atoms with E-state index in [1.807, 2.05) is 13.8 Å². The van der Waals surface area contributed by atoms with Gasteiger partial charge in [0.05, 0.1) is 12.4 Å². The average molecular weight is 250 g/mol. The largest absolute Gasteiger partial charge is 0.356 e. The number of rotatable bonds is 6. The Bertz CT molecular complexity index is 373. The lowest BCUT2D eigenvalue weighted by Crippen LogP contribution is -2.32. The van der Waals surface area contributed by atoms with Crippen molar-refractivity contribution in [3.8, 4) is 0 Å². The van der Waals surface area contributed by atoms with Crippen molar-refractivity contribution in [3.63, 3.8) is 0 Å². The number of carbonyl (C=O) groups is 1. The Hall–Kier alpha value is -1.65. The zero-order chi connectivity index (χ0) is 13.5. The molecule has 100 valence electrons. The van der Waals surface area contributed by atoms with Crippen LogP contribution in [0.1, 0.15) is 44.6 Å². The van der Waals surface area contributed by atoms with E-state index < -0.39 is 0 Å². The number of aromatic nitrogens is 2. The molecule has 1 N–H and O–H groups in total. The molecule has 0 aliphatic rings. The molecular formula is C13H22N4O. The molecule has 5 nitrogen and oxygen atoms in total. The van der Waals surface area contributed by atoms with Gasteiger partial charge in [0.2, 0.25) is 0 Å². The van der Waals surface area contributed by atoms with E-state index in [0.717, 1.165) is 25.3 Å². The van der Waals surface area contributed by atoms with Crippen molar-refractivity contribution >= 4 is 11.7 Å². The van der Waals surface area contributed by atoms with Crippen molar-refractivity contribution in [2.45, 2.75) is 40.2 Å². The molecule has 1 aromatic heterocycles. The first-order valence-electron chi connectivity index (χ1n) is 6.50. The molecule has 18 heavy (non-hydrogen) atoms. The Morgan fingerprint density at radius 2 is 1.94 bits per heavy atom. The molecule has 0 bridgehead atoms. The van der Waals surface area contributed by atoms with E-state index in [9.17, 15) is 4.79 Å². The third-order valence-electron chi connectivity index (χ3n) is 2.95. The molecule has 1 atom stereocenters. The highest BCUT2D eigenvalue weighted by Crippen LogP contribution is 2.08. The van der Waals surface area contributed by atoms with Crippen LogP contribution < -0.4 is 10.2 Å². The SMILES string of the molecule is CCC(C)NC(=O)c1cnc(N(CC)CC)cn1. The normalized spacial score (nSPS) is 12.0. The predicted octanol–water partition coefficient (Wildman–Crippen LogP) is 1.85. The van der Waals surface area contributed by atoms with Gasteiger partial charge < -0.3 is 10.2 Å². The second kappa shape index (κ2) is 6.93. The molecule has 0 aliphatic carbocycles. The maximum atomic E-state index is 11.8. The number of hydrogen-bond acceptors (Lipinski definition) is 4. The first-order valence-corrected chi connectivity index (χ1v) is 6.50. The van der Waals surface area contributed by atoms with Crippen LogP contribution in [0.3, 0.4) is 0 Å². The van der Waals surface area contributed by atoms with Gasteiger partial charge >= 0.3 is 0 Å². The lowest BCUT2D eigenvalue weighted by Gasteiger charge is -2.19. The Kier molecular flexibility index (Phi) is 5.55. The van der Waals surface area contributed by atoms with E-state index >= 15 is 0 Å². The molecule has 0 spiro atoms. The van der Waals surface area contributed by atoms with E-state index in [4.69, 9.17) is 0 Å². The number of anilines is 1. The minimum atomic E-state index is -0.164. The van der Waals surface area contributed by atoms with Crippen LogP contribution in [0.25, 0.3) is 0 Å². The van der Waals surface area contributed by atoms with Gasteiger partial charge in [-0.2, -0.15) is 0 Å². The Morgan fingerprint density at radius 3 is 2.39 bits per heavy atom. The van der Waals surface area contributed by atoms with E-state index in [-0.39, 0.29) is 11.9 Å². The summed E-state index contributed by atoms with van der Waals surface area (Å²) in [6, 6.07) is 0.154. The quantitative estimate of drug-likeness (QED) is 0.837. The van der Waals surface area contributed by atoms with Crippen LogP contribution in [0.5, 0.6) is 0 Å². The summed E-state index contributed by atoms with van der Waals surface area (Å²) in [5.41, 5.74) is 0.367. The number of nitrogens with one attached hydrogen (secondary N) is 1. The van der Waals surface area contributed by atoms with Crippen LogP contribution in [0.4, 0.5) is 5.82 Å². The maximum absolute atomic E-state index is 11.8. The summed E-state index contributed by atoms with van der Waals surface area (Å²) >= 11 is 0. The third-order valence-corrected chi connectivity index (χ3v) is 2.95. The molecule has 1 heterocycles. The van der Waals surface area contributed by atoms with Gasteiger partial charge in [0.15, 0.2) is 0 Å². The Morgan fingerprint density at radius 1 is 1.28 bits per heavy atom. The van der Waals surface area contributed by atoms with Crippen molar-refractivity contribution in [3.05, 3.63) is 18.1 Å². The average Bonchev–Trinajstić information content (AvgIpc) is 2.40. The van der Waals surface area contributed by atoms with Crippen molar-refractivity contribution in [2.24, 2.45) is 0 Å². The first kappa shape index (κ1) is 14.4. The zero-order valence-electron chi connectivity index (χ0n) is 11.6. The van der Waals surface area contributed by atoms with Gasteiger partial charge in [0.1, 0.15) is 11.5 Å². The topological polar surface area (TPSA) is 58.1 Å². The molecule has 1 amide bonds.